The van der Waals surface area contributed by atoms with Crippen LogP contribution in [-0.2, 0) is 4.74 Å². The van der Waals surface area contributed by atoms with Gasteiger partial charge in [0.15, 0.2) is 5.96 Å². The van der Waals surface area contributed by atoms with E-state index < -0.39 is 0 Å². The zero-order chi connectivity index (χ0) is 18.9. The van der Waals surface area contributed by atoms with Crippen molar-refractivity contribution in [1.29, 1.82) is 0 Å². The number of aliphatic imine (C=N–C) groups is 1. The number of unbranched alkanes of at least 4 members (excludes halogenated alkanes) is 1. The van der Waals surface area contributed by atoms with Gasteiger partial charge in [-0.3, -0.25) is 9.89 Å². The lowest BCUT2D eigenvalue weighted by Crippen LogP contribution is -2.45. The second-order valence-electron chi connectivity index (χ2n) is 7.21. The van der Waals surface area contributed by atoms with Crippen LogP contribution in [0.2, 0.25) is 0 Å². The summed E-state index contributed by atoms with van der Waals surface area (Å²) in [4.78, 5) is 9.31. The molecule has 2 saturated heterocycles. The molecule has 0 aliphatic carbocycles. The molecule has 2 aliphatic rings. The lowest BCUT2D eigenvalue weighted by molar-refractivity contribution is 0.0372. The Morgan fingerprint density at radius 2 is 1.93 bits per heavy atom. The van der Waals surface area contributed by atoms with Gasteiger partial charge < -0.3 is 20.3 Å². The van der Waals surface area contributed by atoms with Crippen LogP contribution < -0.4 is 15.5 Å². The molecule has 0 bridgehead atoms. The highest BCUT2D eigenvalue weighted by Crippen LogP contribution is 2.22. The lowest BCUT2D eigenvalue weighted by Gasteiger charge is -2.26. The number of guanidine groups is 1. The highest BCUT2D eigenvalue weighted by molar-refractivity contribution is 14.0. The van der Waals surface area contributed by atoms with Gasteiger partial charge in [-0.15, -0.1) is 24.0 Å². The van der Waals surface area contributed by atoms with Crippen LogP contribution in [-0.4, -0.2) is 76.4 Å². The van der Waals surface area contributed by atoms with Crippen molar-refractivity contribution in [1.82, 2.24) is 15.5 Å². The van der Waals surface area contributed by atoms with Crippen molar-refractivity contribution in [3.8, 4) is 0 Å². The number of halogens is 2. The minimum Gasteiger partial charge on any atom is -0.379 e. The molecule has 0 amide bonds. The molecular weight excluding hydrogens is 533 g/mol. The second-order valence-corrected chi connectivity index (χ2v) is 8.13. The van der Waals surface area contributed by atoms with Crippen LogP contribution in [0.15, 0.2) is 33.7 Å². The average molecular weight is 566 g/mol. The summed E-state index contributed by atoms with van der Waals surface area (Å²) < 4.78 is 6.52. The first-order valence-electron chi connectivity index (χ1n) is 10.0. The number of benzene rings is 1. The number of rotatable bonds is 7. The maximum Gasteiger partial charge on any atom is 0.191 e. The van der Waals surface area contributed by atoms with Gasteiger partial charge in [0.25, 0.3) is 0 Å². The van der Waals surface area contributed by atoms with Crippen molar-refractivity contribution in [3.05, 3.63) is 28.7 Å². The zero-order valence-electron chi connectivity index (χ0n) is 16.7. The number of morpholine rings is 1. The van der Waals surface area contributed by atoms with Gasteiger partial charge in [0.1, 0.15) is 0 Å². The van der Waals surface area contributed by atoms with E-state index in [1.807, 2.05) is 7.05 Å². The van der Waals surface area contributed by atoms with Crippen molar-refractivity contribution >= 4 is 51.6 Å². The SMILES string of the molecule is CN=C(NCCCCN1CCOCC1)NC1CCN(c2ccc(Br)cc2)C1.I. The monoisotopic (exact) mass is 565 g/mol. The molecule has 1 aromatic rings. The van der Waals surface area contributed by atoms with Crippen LogP contribution in [0, 0.1) is 0 Å². The summed E-state index contributed by atoms with van der Waals surface area (Å²) in [6, 6.07) is 9.00. The molecule has 2 fully saturated rings. The van der Waals surface area contributed by atoms with Crippen molar-refractivity contribution < 1.29 is 4.74 Å². The quantitative estimate of drug-likeness (QED) is 0.230. The normalized spacial score (nSPS) is 20.7. The highest BCUT2D eigenvalue weighted by Gasteiger charge is 2.23. The molecule has 2 heterocycles. The Morgan fingerprint density at radius 3 is 2.64 bits per heavy atom. The zero-order valence-corrected chi connectivity index (χ0v) is 20.6. The van der Waals surface area contributed by atoms with Gasteiger partial charge in [-0.25, -0.2) is 0 Å². The minimum atomic E-state index is 0. The largest absolute Gasteiger partial charge is 0.379 e. The van der Waals surface area contributed by atoms with E-state index in [0.29, 0.717) is 6.04 Å². The van der Waals surface area contributed by atoms with Crippen LogP contribution in [0.4, 0.5) is 5.69 Å². The fourth-order valence-corrected chi connectivity index (χ4v) is 3.91. The number of nitrogens with zero attached hydrogens (tertiary/aromatic N) is 3. The lowest BCUT2D eigenvalue weighted by atomic mass is 10.2. The summed E-state index contributed by atoms with van der Waals surface area (Å²) in [6.45, 7) is 8.14. The molecule has 3 rings (SSSR count). The van der Waals surface area contributed by atoms with Gasteiger partial charge in [0.05, 0.1) is 13.2 Å². The van der Waals surface area contributed by atoms with Gasteiger partial charge in [0, 0.05) is 56.0 Å². The predicted molar refractivity (Wildman–Crippen MR) is 131 cm³/mol. The molecule has 6 nitrogen and oxygen atoms in total. The van der Waals surface area contributed by atoms with E-state index in [9.17, 15) is 0 Å². The molecular formula is C20H33BrIN5O. The Balaban J connectivity index is 0.00000280. The number of hydrogen-bond acceptors (Lipinski definition) is 4. The summed E-state index contributed by atoms with van der Waals surface area (Å²) in [7, 11) is 1.85. The molecule has 8 heteroatoms. The minimum absolute atomic E-state index is 0. The molecule has 28 heavy (non-hydrogen) atoms. The Hall–Kier alpha value is -0.580. The van der Waals surface area contributed by atoms with Crippen LogP contribution in [0.25, 0.3) is 0 Å². The Morgan fingerprint density at radius 1 is 1.18 bits per heavy atom. The maximum atomic E-state index is 5.39. The molecule has 2 N–H and O–H groups in total. The van der Waals surface area contributed by atoms with E-state index in [1.165, 1.54) is 18.7 Å². The highest BCUT2D eigenvalue weighted by atomic mass is 127. The van der Waals surface area contributed by atoms with Crippen LogP contribution >= 0.6 is 39.9 Å². The van der Waals surface area contributed by atoms with Gasteiger partial charge in [0.2, 0.25) is 0 Å². The Kier molecular flexibility index (Phi) is 10.9. The van der Waals surface area contributed by atoms with Crippen LogP contribution in [0.1, 0.15) is 19.3 Å². The number of hydrogen-bond donors (Lipinski definition) is 2. The average Bonchev–Trinajstić information content (AvgIpc) is 3.16. The van der Waals surface area contributed by atoms with Gasteiger partial charge in [-0.2, -0.15) is 0 Å². The number of anilines is 1. The molecule has 2 aliphatic heterocycles. The van der Waals surface area contributed by atoms with Crippen molar-refractivity contribution in [3.63, 3.8) is 0 Å². The Bertz CT molecular complexity index is 595. The van der Waals surface area contributed by atoms with Crippen LogP contribution in [0.3, 0.4) is 0 Å². The van der Waals surface area contributed by atoms with Gasteiger partial charge in [-0.1, -0.05) is 15.9 Å². The number of nitrogens with one attached hydrogen (secondary N) is 2. The van der Waals surface area contributed by atoms with E-state index in [1.54, 1.807) is 0 Å². The van der Waals surface area contributed by atoms with E-state index >= 15 is 0 Å². The second kappa shape index (κ2) is 12.9. The summed E-state index contributed by atoms with van der Waals surface area (Å²) in [5.74, 6) is 0.920. The maximum absolute atomic E-state index is 5.39. The van der Waals surface area contributed by atoms with Gasteiger partial charge >= 0.3 is 0 Å². The fraction of sp³-hybridized carbons (Fsp3) is 0.650. The van der Waals surface area contributed by atoms with E-state index in [0.717, 1.165) is 69.2 Å². The number of ether oxygens (including phenoxy) is 1. The molecule has 0 spiro atoms. The first kappa shape index (κ1) is 23.7. The third-order valence-electron chi connectivity index (χ3n) is 5.24. The molecule has 158 valence electrons. The molecule has 1 unspecified atom stereocenters. The van der Waals surface area contributed by atoms with E-state index in [2.05, 4.69) is 65.6 Å². The predicted octanol–water partition coefficient (Wildman–Crippen LogP) is 2.92. The smallest absolute Gasteiger partial charge is 0.191 e. The molecule has 1 aromatic carbocycles. The topological polar surface area (TPSA) is 52.1 Å². The van der Waals surface area contributed by atoms with Crippen molar-refractivity contribution in [2.75, 3.05) is 64.4 Å². The summed E-state index contributed by atoms with van der Waals surface area (Å²) in [5.41, 5.74) is 1.29. The molecule has 0 saturated carbocycles. The van der Waals surface area contributed by atoms with Crippen LogP contribution in [0.5, 0.6) is 0 Å². The first-order valence-corrected chi connectivity index (χ1v) is 10.8. The standard InChI is InChI=1S/C20H32BrN5O.HI/c1-22-20(23-9-2-3-10-25-12-14-27-15-13-25)24-18-8-11-26(16-18)19-6-4-17(21)5-7-19;/h4-7,18H,2-3,8-16H2,1H3,(H2,22,23,24);1H. The summed E-state index contributed by atoms with van der Waals surface area (Å²) >= 11 is 3.50. The summed E-state index contributed by atoms with van der Waals surface area (Å²) in [6.07, 6.45) is 3.51. The van der Waals surface area contributed by atoms with Gasteiger partial charge in [-0.05, 0) is 50.1 Å². The van der Waals surface area contributed by atoms with E-state index in [4.69, 9.17) is 4.74 Å². The molecule has 0 radical (unpaired) electrons. The third kappa shape index (κ3) is 7.68. The molecule has 1 atom stereocenters. The van der Waals surface area contributed by atoms with Crippen molar-refractivity contribution in [2.45, 2.75) is 25.3 Å². The van der Waals surface area contributed by atoms with E-state index in [-0.39, 0.29) is 24.0 Å². The first-order chi connectivity index (χ1) is 13.2. The summed E-state index contributed by atoms with van der Waals surface area (Å²) in [5, 5.41) is 7.05. The molecule has 0 aromatic heterocycles. The Labute approximate surface area is 194 Å². The fourth-order valence-electron chi connectivity index (χ4n) is 3.64. The third-order valence-corrected chi connectivity index (χ3v) is 5.77. The van der Waals surface area contributed by atoms with Crippen molar-refractivity contribution in [2.24, 2.45) is 4.99 Å².